The van der Waals surface area contributed by atoms with E-state index in [0.717, 1.165) is 5.56 Å². The van der Waals surface area contributed by atoms with Crippen LogP contribution in [0.25, 0.3) is 0 Å². The summed E-state index contributed by atoms with van der Waals surface area (Å²) in [6.45, 7) is 15.2. The molecule has 0 heteroatoms. The van der Waals surface area contributed by atoms with Gasteiger partial charge in [-0.25, -0.2) is 0 Å². The van der Waals surface area contributed by atoms with Gasteiger partial charge in [0.25, 0.3) is 0 Å². The molecule has 0 aromatic heterocycles. The van der Waals surface area contributed by atoms with E-state index in [0.29, 0.717) is 5.92 Å². The van der Waals surface area contributed by atoms with Crippen LogP contribution in [0.1, 0.15) is 57.2 Å². The monoisotopic (exact) mass is 189 g/mol. The van der Waals surface area contributed by atoms with Crippen molar-refractivity contribution in [1.29, 1.82) is 0 Å². The first-order valence-electron chi connectivity index (χ1n) is 5.28. The van der Waals surface area contributed by atoms with Crippen molar-refractivity contribution in [3.63, 3.8) is 0 Å². The molecule has 0 N–H and O–H groups in total. The molecule has 0 nitrogen and oxygen atoms in total. The molecular formula is C14H21. The van der Waals surface area contributed by atoms with Crippen molar-refractivity contribution < 1.29 is 0 Å². The average molecular weight is 189 g/mol. The van der Waals surface area contributed by atoms with Crippen LogP contribution in [-0.2, 0) is 5.41 Å². The Morgan fingerprint density at radius 2 is 1.64 bits per heavy atom. The highest BCUT2D eigenvalue weighted by atomic mass is 14.2. The molecule has 1 rings (SSSR count). The van der Waals surface area contributed by atoms with Crippen molar-refractivity contribution >= 4 is 0 Å². The normalized spacial score (nSPS) is 12.2. The fourth-order valence-corrected chi connectivity index (χ4v) is 1.48. The quantitative estimate of drug-likeness (QED) is 0.618. The zero-order valence-corrected chi connectivity index (χ0v) is 10.0. The van der Waals surface area contributed by atoms with Gasteiger partial charge in [-0.05, 0) is 34.9 Å². The Bertz CT molecular complexity index is 313. The molecule has 0 unspecified atom stereocenters. The maximum Gasteiger partial charge on any atom is -0.0132 e. The molecule has 0 atom stereocenters. The highest BCUT2D eigenvalue weighted by Crippen LogP contribution is 2.27. The van der Waals surface area contributed by atoms with Crippen LogP contribution in [0.3, 0.4) is 0 Å². The molecule has 0 saturated heterocycles. The minimum absolute atomic E-state index is 0.220. The first kappa shape index (κ1) is 11.3. The van der Waals surface area contributed by atoms with Gasteiger partial charge in [0.15, 0.2) is 0 Å². The van der Waals surface area contributed by atoms with Crippen LogP contribution < -0.4 is 0 Å². The highest BCUT2D eigenvalue weighted by molar-refractivity contribution is 5.36. The van der Waals surface area contributed by atoms with E-state index >= 15 is 0 Å². The highest BCUT2D eigenvalue weighted by Gasteiger charge is 2.15. The fourth-order valence-electron chi connectivity index (χ4n) is 1.48. The lowest BCUT2D eigenvalue weighted by molar-refractivity contribution is 0.588. The summed E-state index contributed by atoms with van der Waals surface area (Å²) in [7, 11) is 0. The van der Waals surface area contributed by atoms with Gasteiger partial charge in [0, 0.05) is 0 Å². The number of hydrogen-bond acceptors (Lipinski definition) is 0. The van der Waals surface area contributed by atoms with Gasteiger partial charge in [-0.2, -0.15) is 0 Å². The zero-order chi connectivity index (χ0) is 10.9. The molecule has 1 radical (unpaired) electrons. The second kappa shape index (κ2) is 3.76. The van der Waals surface area contributed by atoms with Crippen LogP contribution in [0.4, 0.5) is 0 Å². The SMILES string of the molecule is [CH2]c1cc(C(C)C)cc(C(C)(C)C)c1. The van der Waals surface area contributed by atoms with E-state index in [9.17, 15) is 0 Å². The fraction of sp³-hybridized carbons (Fsp3) is 0.500. The summed E-state index contributed by atoms with van der Waals surface area (Å²) < 4.78 is 0. The van der Waals surface area contributed by atoms with Gasteiger partial charge in [0.1, 0.15) is 0 Å². The van der Waals surface area contributed by atoms with Gasteiger partial charge in [0.05, 0.1) is 0 Å². The van der Waals surface area contributed by atoms with Crippen molar-refractivity contribution in [1.82, 2.24) is 0 Å². The smallest absolute Gasteiger partial charge is 0.0132 e. The Morgan fingerprint density at radius 3 is 2.07 bits per heavy atom. The molecule has 14 heavy (non-hydrogen) atoms. The van der Waals surface area contributed by atoms with Gasteiger partial charge in [0.2, 0.25) is 0 Å². The van der Waals surface area contributed by atoms with Crippen LogP contribution in [0.5, 0.6) is 0 Å². The Kier molecular flexibility index (Phi) is 3.04. The Morgan fingerprint density at radius 1 is 1.07 bits per heavy atom. The van der Waals surface area contributed by atoms with E-state index in [4.69, 9.17) is 0 Å². The van der Waals surface area contributed by atoms with E-state index in [1.54, 1.807) is 0 Å². The average Bonchev–Trinajstić information content (AvgIpc) is 2.01. The van der Waals surface area contributed by atoms with E-state index in [2.05, 4.69) is 59.7 Å². The van der Waals surface area contributed by atoms with Crippen molar-refractivity contribution in [2.45, 2.75) is 46.0 Å². The second-order valence-electron chi connectivity index (χ2n) is 5.37. The van der Waals surface area contributed by atoms with Crippen LogP contribution in [-0.4, -0.2) is 0 Å². The number of benzene rings is 1. The predicted molar refractivity (Wildman–Crippen MR) is 63.7 cm³/mol. The van der Waals surface area contributed by atoms with Crippen LogP contribution in [0.2, 0.25) is 0 Å². The Hall–Kier alpha value is -0.780. The molecule has 0 aliphatic rings. The lowest BCUT2D eigenvalue weighted by atomic mass is 9.84. The molecule has 0 saturated carbocycles. The number of rotatable bonds is 1. The summed E-state index contributed by atoms with van der Waals surface area (Å²) in [5.74, 6) is 0.581. The largest absolute Gasteiger partial charge is 0.0587 e. The molecule has 1 aromatic carbocycles. The van der Waals surface area contributed by atoms with E-state index in [-0.39, 0.29) is 5.41 Å². The summed E-state index contributed by atoms with van der Waals surface area (Å²) in [4.78, 5) is 0. The lowest BCUT2D eigenvalue weighted by Gasteiger charge is -2.21. The molecular weight excluding hydrogens is 168 g/mol. The maximum atomic E-state index is 4.04. The summed E-state index contributed by atoms with van der Waals surface area (Å²) >= 11 is 0. The molecule has 77 valence electrons. The topological polar surface area (TPSA) is 0 Å². The van der Waals surface area contributed by atoms with Gasteiger partial charge >= 0.3 is 0 Å². The predicted octanol–water partition coefficient (Wildman–Crippen LogP) is 4.29. The summed E-state index contributed by atoms with van der Waals surface area (Å²) in [6, 6.07) is 6.67. The van der Waals surface area contributed by atoms with Gasteiger partial charge in [-0.3, -0.25) is 0 Å². The minimum atomic E-state index is 0.220. The first-order chi connectivity index (χ1) is 6.30. The molecule has 0 aliphatic heterocycles. The number of hydrogen-bond donors (Lipinski definition) is 0. The summed E-state index contributed by atoms with van der Waals surface area (Å²) in [6.07, 6.45) is 0. The molecule has 0 fully saturated rings. The molecule has 0 amide bonds. The van der Waals surface area contributed by atoms with E-state index in [1.165, 1.54) is 11.1 Å². The van der Waals surface area contributed by atoms with Gasteiger partial charge < -0.3 is 0 Å². The summed E-state index contributed by atoms with van der Waals surface area (Å²) in [5.41, 5.74) is 4.12. The van der Waals surface area contributed by atoms with Crippen molar-refractivity contribution in [3.05, 3.63) is 41.8 Å². The molecule has 0 aliphatic carbocycles. The van der Waals surface area contributed by atoms with Crippen molar-refractivity contribution in [2.75, 3.05) is 0 Å². The molecule has 0 heterocycles. The van der Waals surface area contributed by atoms with Crippen molar-refractivity contribution in [3.8, 4) is 0 Å². The van der Waals surface area contributed by atoms with Crippen molar-refractivity contribution in [2.24, 2.45) is 0 Å². The minimum Gasteiger partial charge on any atom is -0.0587 e. The Balaban J connectivity index is 3.21. The second-order valence-corrected chi connectivity index (χ2v) is 5.37. The zero-order valence-electron chi connectivity index (χ0n) is 10.0. The maximum absolute atomic E-state index is 4.04. The third kappa shape index (κ3) is 2.60. The first-order valence-corrected chi connectivity index (χ1v) is 5.28. The third-order valence-electron chi connectivity index (χ3n) is 2.55. The van der Waals surface area contributed by atoms with Crippen LogP contribution in [0, 0.1) is 6.92 Å². The summed E-state index contributed by atoms with van der Waals surface area (Å²) in [5, 5.41) is 0. The van der Waals surface area contributed by atoms with E-state index < -0.39 is 0 Å². The molecule has 0 bridgehead atoms. The van der Waals surface area contributed by atoms with Gasteiger partial charge in [-0.1, -0.05) is 52.8 Å². The molecule has 0 spiro atoms. The third-order valence-corrected chi connectivity index (χ3v) is 2.55. The standard InChI is InChI=1S/C14H21/c1-10(2)12-7-11(3)8-13(9-12)14(4,5)6/h7-10H,3H2,1-2,4-6H3. The Labute approximate surface area is 88.4 Å². The van der Waals surface area contributed by atoms with E-state index in [1.807, 2.05) is 0 Å². The van der Waals surface area contributed by atoms with Crippen LogP contribution in [0.15, 0.2) is 18.2 Å². The molecule has 1 aromatic rings. The lowest BCUT2D eigenvalue weighted by Crippen LogP contribution is -2.12. The van der Waals surface area contributed by atoms with Crippen LogP contribution >= 0.6 is 0 Å². The van der Waals surface area contributed by atoms with Gasteiger partial charge in [-0.15, -0.1) is 0 Å².